The average molecular weight is 286 g/mol. The first kappa shape index (κ1) is 11.4. The van der Waals surface area contributed by atoms with Gasteiger partial charge in [-0.25, -0.2) is 0 Å². The maximum atomic E-state index is 11.0. The summed E-state index contributed by atoms with van der Waals surface area (Å²) in [6.07, 6.45) is 1.48. The molecule has 1 fully saturated rings. The minimum Gasteiger partial charge on any atom is -0.507 e. The maximum absolute atomic E-state index is 11.0. The Morgan fingerprint density at radius 2 is 2.12 bits per heavy atom. The van der Waals surface area contributed by atoms with Crippen LogP contribution >= 0.6 is 15.9 Å². The highest BCUT2D eigenvalue weighted by Gasteiger charge is 2.53. The van der Waals surface area contributed by atoms with Gasteiger partial charge in [-0.15, -0.1) is 0 Å². The Balaban J connectivity index is 2.45. The predicted octanol–water partition coefficient (Wildman–Crippen LogP) is 1.60. The van der Waals surface area contributed by atoms with E-state index in [1.54, 1.807) is 18.2 Å². The summed E-state index contributed by atoms with van der Waals surface area (Å²) in [5.41, 5.74) is 5.96. The van der Waals surface area contributed by atoms with Crippen LogP contribution in [0.2, 0.25) is 0 Å². The fraction of sp³-hybridized carbons (Fsp3) is 0.364. The molecule has 1 aromatic carbocycles. The van der Waals surface area contributed by atoms with Crippen LogP contribution in [0.1, 0.15) is 18.4 Å². The monoisotopic (exact) mass is 285 g/mol. The van der Waals surface area contributed by atoms with Gasteiger partial charge in [-0.05, 0) is 40.4 Å². The van der Waals surface area contributed by atoms with Crippen LogP contribution in [0.25, 0.3) is 0 Å². The molecule has 0 heterocycles. The minimum atomic E-state index is -1.01. The highest BCUT2D eigenvalue weighted by Crippen LogP contribution is 2.53. The first-order valence-electron chi connectivity index (χ1n) is 4.95. The number of phenolic OH excluding ortho intramolecular Hbond substituents is 1. The van der Waals surface area contributed by atoms with E-state index in [0.29, 0.717) is 4.47 Å². The number of phenols is 1. The summed E-state index contributed by atoms with van der Waals surface area (Å²) >= 11 is 3.27. The van der Waals surface area contributed by atoms with Crippen LogP contribution in [-0.2, 0) is 10.2 Å². The Morgan fingerprint density at radius 1 is 1.50 bits per heavy atom. The summed E-state index contributed by atoms with van der Waals surface area (Å²) in [6.45, 7) is 0. The molecule has 1 aromatic rings. The van der Waals surface area contributed by atoms with Crippen LogP contribution in [0, 0.1) is 0 Å². The molecular formula is C11H12BrNO3. The second-order valence-corrected chi connectivity index (χ2v) is 4.90. The number of hydrogen-bond acceptors (Lipinski definition) is 3. The van der Waals surface area contributed by atoms with Gasteiger partial charge in [-0.3, -0.25) is 4.79 Å². The summed E-state index contributed by atoms with van der Waals surface area (Å²) < 4.78 is 0.546. The topological polar surface area (TPSA) is 83.6 Å². The first-order chi connectivity index (χ1) is 7.49. The number of halogens is 1. The fourth-order valence-corrected chi connectivity index (χ4v) is 2.68. The lowest BCUT2D eigenvalue weighted by Gasteiger charge is -2.21. The zero-order valence-electron chi connectivity index (χ0n) is 8.48. The van der Waals surface area contributed by atoms with E-state index in [0.717, 1.165) is 18.4 Å². The van der Waals surface area contributed by atoms with E-state index in [1.165, 1.54) is 0 Å². The lowest BCUT2D eigenvalue weighted by Crippen LogP contribution is -2.42. The van der Waals surface area contributed by atoms with Gasteiger partial charge >= 0.3 is 5.97 Å². The Labute approximate surface area is 101 Å². The van der Waals surface area contributed by atoms with Crippen molar-refractivity contribution in [1.82, 2.24) is 0 Å². The fourth-order valence-electron chi connectivity index (χ4n) is 2.02. The summed E-state index contributed by atoms with van der Waals surface area (Å²) in [4.78, 5) is 11.0. The standard InChI is InChI=1S/C11H12BrNO3/c12-8-6(2-1-3-7(8)14)11(4-5-11)9(13)10(15)16/h1-3,9,14H,4-5,13H2,(H,15,16). The molecule has 1 saturated carbocycles. The van der Waals surface area contributed by atoms with Gasteiger partial charge in [-0.2, -0.15) is 0 Å². The van der Waals surface area contributed by atoms with Crippen LogP contribution in [0.15, 0.2) is 22.7 Å². The number of aromatic hydroxyl groups is 1. The molecule has 5 heteroatoms. The third-order valence-corrected chi connectivity index (χ3v) is 4.00. The van der Waals surface area contributed by atoms with Crippen LogP contribution in [0.4, 0.5) is 0 Å². The van der Waals surface area contributed by atoms with E-state index in [-0.39, 0.29) is 5.75 Å². The molecule has 86 valence electrons. The van der Waals surface area contributed by atoms with Crippen molar-refractivity contribution < 1.29 is 15.0 Å². The van der Waals surface area contributed by atoms with Gasteiger partial charge in [0.15, 0.2) is 0 Å². The van der Waals surface area contributed by atoms with E-state index in [1.807, 2.05) is 0 Å². The number of aliphatic carboxylic acids is 1. The zero-order chi connectivity index (χ0) is 11.9. The van der Waals surface area contributed by atoms with Crippen molar-refractivity contribution >= 4 is 21.9 Å². The van der Waals surface area contributed by atoms with Crippen LogP contribution in [0.5, 0.6) is 5.75 Å². The second kappa shape index (κ2) is 3.75. The van der Waals surface area contributed by atoms with Crippen molar-refractivity contribution in [2.45, 2.75) is 24.3 Å². The highest BCUT2D eigenvalue weighted by molar-refractivity contribution is 9.10. The number of hydrogen-bond donors (Lipinski definition) is 3. The smallest absolute Gasteiger partial charge is 0.321 e. The van der Waals surface area contributed by atoms with Crippen LogP contribution in [0.3, 0.4) is 0 Å². The molecule has 0 spiro atoms. The lowest BCUT2D eigenvalue weighted by molar-refractivity contribution is -0.139. The van der Waals surface area contributed by atoms with Gasteiger partial charge in [0.1, 0.15) is 11.8 Å². The van der Waals surface area contributed by atoms with Gasteiger partial charge < -0.3 is 15.9 Å². The van der Waals surface area contributed by atoms with Crippen molar-refractivity contribution in [2.75, 3.05) is 0 Å². The molecule has 0 amide bonds. The molecular weight excluding hydrogens is 274 g/mol. The molecule has 4 nitrogen and oxygen atoms in total. The number of carbonyl (C=O) groups is 1. The number of carboxylic acid groups (broad SMARTS) is 1. The molecule has 2 rings (SSSR count). The molecule has 0 saturated heterocycles. The van der Waals surface area contributed by atoms with E-state index in [2.05, 4.69) is 15.9 Å². The van der Waals surface area contributed by atoms with Crippen molar-refractivity contribution in [3.63, 3.8) is 0 Å². The number of carboxylic acids is 1. The molecule has 0 aromatic heterocycles. The summed E-state index contributed by atoms with van der Waals surface area (Å²) in [7, 11) is 0. The Kier molecular flexibility index (Phi) is 2.67. The van der Waals surface area contributed by atoms with Gasteiger partial charge in [-0.1, -0.05) is 12.1 Å². The highest BCUT2D eigenvalue weighted by atomic mass is 79.9. The maximum Gasteiger partial charge on any atom is 0.321 e. The summed E-state index contributed by atoms with van der Waals surface area (Å²) in [6, 6.07) is 4.13. The molecule has 16 heavy (non-hydrogen) atoms. The SMILES string of the molecule is NC(C(=O)O)C1(c2cccc(O)c2Br)CC1. The van der Waals surface area contributed by atoms with Gasteiger partial charge in [0.25, 0.3) is 0 Å². The zero-order valence-corrected chi connectivity index (χ0v) is 10.1. The number of nitrogens with two attached hydrogens (primary N) is 1. The van der Waals surface area contributed by atoms with Crippen molar-refractivity contribution in [3.05, 3.63) is 28.2 Å². The van der Waals surface area contributed by atoms with Gasteiger partial charge in [0, 0.05) is 5.41 Å². The molecule has 1 atom stereocenters. The Morgan fingerprint density at radius 3 is 2.62 bits per heavy atom. The van der Waals surface area contributed by atoms with Crippen LogP contribution in [-0.4, -0.2) is 22.2 Å². The quantitative estimate of drug-likeness (QED) is 0.788. The third-order valence-electron chi connectivity index (χ3n) is 3.16. The average Bonchev–Trinajstić information content (AvgIpc) is 3.02. The third kappa shape index (κ3) is 1.60. The van der Waals surface area contributed by atoms with E-state index in [9.17, 15) is 9.90 Å². The second-order valence-electron chi connectivity index (χ2n) is 4.11. The van der Waals surface area contributed by atoms with E-state index < -0.39 is 17.4 Å². The Hall–Kier alpha value is -1.07. The number of rotatable bonds is 3. The molecule has 4 N–H and O–H groups in total. The van der Waals surface area contributed by atoms with Crippen molar-refractivity contribution in [3.8, 4) is 5.75 Å². The van der Waals surface area contributed by atoms with Crippen molar-refractivity contribution in [1.29, 1.82) is 0 Å². The van der Waals surface area contributed by atoms with E-state index in [4.69, 9.17) is 10.8 Å². The largest absolute Gasteiger partial charge is 0.507 e. The molecule has 1 unspecified atom stereocenters. The lowest BCUT2D eigenvalue weighted by atomic mass is 9.88. The minimum absolute atomic E-state index is 0.112. The van der Waals surface area contributed by atoms with E-state index >= 15 is 0 Å². The summed E-state index contributed by atoms with van der Waals surface area (Å²) in [5, 5.41) is 18.6. The molecule has 0 radical (unpaired) electrons. The van der Waals surface area contributed by atoms with Crippen LogP contribution < -0.4 is 5.73 Å². The predicted molar refractivity (Wildman–Crippen MR) is 62.3 cm³/mol. The first-order valence-corrected chi connectivity index (χ1v) is 5.75. The molecule has 1 aliphatic rings. The normalized spacial score (nSPS) is 19.1. The molecule has 0 aliphatic heterocycles. The molecule has 0 bridgehead atoms. The van der Waals surface area contributed by atoms with Crippen molar-refractivity contribution in [2.24, 2.45) is 5.73 Å². The van der Waals surface area contributed by atoms with Gasteiger partial charge in [0.2, 0.25) is 0 Å². The summed E-state index contributed by atoms with van der Waals surface area (Å²) in [5.74, 6) is -0.894. The number of benzene rings is 1. The van der Waals surface area contributed by atoms with Gasteiger partial charge in [0.05, 0.1) is 4.47 Å². The Bertz CT molecular complexity index is 443. The molecule has 1 aliphatic carbocycles.